The zero-order chi connectivity index (χ0) is 21.0. The average Bonchev–Trinajstić information content (AvgIpc) is 2.73. The number of aryl methyl sites for hydroxylation is 1. The highest BCUT2D eigenvalue weighted by Crippen LogP contribution is 2.36. The van der Waals surface area contributed by atoms with Gasteiger partial charge in [-0.2, -0.15) is 0 Å². The summed E-state index contributed by atoms with van der Waals surface area (Å²) in [5.74, 6) is 1.12. The lowest BCUT2D eigenvalue weighted by atomic mass is 9.96. The number of anilines is 2. The van der Waals surface area contributed by atoms with Gasteiger partial charge in [-0.1, -0.05) is 6.07 Å². The second-order valence-corrected chi connectivity index (χ2v) is 6.97. The number of nitrogens with zero attached hydrogens (tertiary/aromatic N) is 1. The molecule has 29 heavy (non-hydrogen) atoms. The Labute approximate surface area is 171 Å². The van der Waals surface area contributed by atoms with Gasteiger partial charge in [-0.3, -0.25) is 9.59 Å². The summed E-state index contributed by atoms with van der Waals surface area (Å²) in [6.07, 6.45) is 4.96. The lowest BCUT2D eigenvalue weighted by Gasteiger charge is -2.31. The van der Waals surface area contributed by atoms with Gasteiger partial charge in [0.25, 0.3) is 5.91 Å². The molecule has 6 heteroatoms. The number of hydrogen-bond acceptors (Lipinski definition) is 4. The largest absolute Gasteiger partial charge is 0.497 e. The van der Waals surface area contributed by atoms with Crippen molar-refractivity contribution in [3.05, 3.63) is 53.1 Å². The maximum Gasteiger partial charge on any atom is 0.251 e. The van der Waals surface area contributed by atoms with E-state index in [0.29, 0.717) is 18.0 Å². The number of nitrogens with one attached hydrogen (secondary N) is 1. The van der Waals surface area contributed by atoms with Crippen LogP contribution in [-0.2, 0) is 16.0 Å². The van der Waals surface area contributed by atoms with Crippen LogP contribution in [0, 0.1) is 6.92 Å². The van der Waals surface area contributed by atoms with Gasteiger partial charge < -0.3 is 19.7 Å². The molecule has 0 aliphatic carbocycles. The fraction of sp³-hybridized carbons (Fsp3) is 0.304. The van der Waals surface area contributed by atoms with Crippen molar-refractivity contribution in [1.29, 1.82) is 0 Å². The highest BCUT2D eigenvalue weighted by Gasteiger charge is 2.25. The molecule has 0 saturated heterocycles. The van der Waals surface area contributed by atoms with E-state index in [1.165, 1.54) is 6.92 Å². The van der Waals surface area contributed by atoms with Gasteiger partial charge in [0.2, 0.25) is 5.91 Å². The zero-order valence-electron chi connectivity index (χ0n) is 17.2. The molecular formula is C23H26N2O4. The third kappa shape index (κ3) is 4.42. The van der Waals surface area contributed by atoms with E-state index in [1.807, 2.05) is 37.3 Å². The first kappa shape index (κ1) is 20.5. The zero-order valence-corrected chi connectivity index (χ0v) is 17.2. The molecule has 0 saturated carbocycles. The van der Waals surface area contributed by atoms with Gasteiger partial charge in [0.05, 0.1) is 19.9 Å². The van der Waals surface area contributed by atoms with Crippen molar-refractivity contribution in [3.8, 4) is 11.5 Å². The van der Waals surface area contributed by atoms with Crippen LogP contribution in [0.1, 0.15) is 30.0 Å². The van der Waals surface area contributed by atoms with Crippen LogP contribution in [0.3, 0.4) is 0 Å². The molecule has 152 valence electrons. The lowest BCUT2D eigenvalue weighted by molar-refractivity contribution is -0.115. The van der Waals surface area contributed by atoms with E-state index in [-0.39, 0.29) is 11.8 Å². The van der Waals surface area contributed by atoms with Gasteiger partial charge in [0, 0.05) is 30.8 Å². The third-order valence-corrected chi connectivity index (χ3v) is 4.98. The van der Waals surface area contributed by atoms with Crippen LogP contribution < -0.4 is 19.7 Å². The molecule has 0 fully saturated rings. The smallest absolute Gasteiger partial charge is 0.251 e. The van der Waals surface area contributed by atoms with Crippen molar-refractivity contribution < 1.29 is 19.1 Å². The summed E-state index contributed by atoms with van der Waals surface area (Å²) in [4.78, 5) is 26.4. The van der Waals surface area contributed by atoms with E-state index in [9.17, 15) is 9.59 Å². The molecule has 0 bridgehead atoms. The monoisotopic (exact) mass is 394 g/mol. The summed E-state index contributed by atoms with van der Waals surface area (Å²) < 4.78 is 10.6. The minimum absolute atomic E-state index is 0.112. The molecule has 0 spiro atoms. The fourth-order valence-electron chi connectivity index (χ4n) is 3.66. The predicted octanol–water partition coefficient (Wildman–Crippen LogP) is 3.96. The number of hydrogen-bond donors (Lipinski definition) is 1. The number of methoxy groups -OCH3 is 2. The average molecular weight is 394 g/mol. The maximum atomic E-state index is 13.1. The predicted molar refractivity (Wildman–Crippen MR) is 115 cm³/mol. The molecular weight excluding hydrogens is 368 g/mol. The molecule has 0 radical (unpaired) electrons. The lowest BCUT2D eigenvalue weighted by Crippen LogP contribution is -2.35. The standard InChI is InChI=1S/C23H26N2O4/c1-15-7-10-20(24-16(2)26)19-6-5-13-25(23(15)19)22(27)12-8-17-14-18(28-3)9-11-21(17)29-4/h7-12,14H,5-6,13H2,1-4H3,(H,24,26). The number of fused-ring (bicyclic) bond motifs is 1. The van der Waals surface area contributed by atoms with Crippen molar-refractivity contribution >= 4 is 29.3 Å². The Morgan fingerprint density at radius 3 is 2.62 bits per heavy atom. The first-order valence-corrected chi connectivity index (χ1v) is 9.56. The maximum absolute atomic E-state index is 13.1. The molecule has 0 aromatic heterocycles. The quantitative estimate of drug-likeness (QED) is 0.780. The van der Waals surface area contributed by atoms with Crippen LogP contribution in [0.5, 0.6) is 11.5 Å². The number of benzene rings is 2. The van der Waals surface area contributed by atoms with E-state index in [4.69, 9.17) is 9.47 Å². The first-order chi connectivity index (χ1) is 13.9. The third-order valence-electron chi connectivity index (χ3n) is 4.98. The van der Waals surface area contributed by atoms with Crippen molar-refractivity contribution in [1.82, 2.24) is 0 Å². The molecule has 2 aromatic carbocycles. The van der Waals surface area contributed by atoms with Crippen molar-refractivity contribution in [2.75, 3.05) is 31.0 Å². The van der Waals surface area contributed by atoms with Crippen LogP contribution in [0.4, 0.5) is 11.4 Å². The van der Waals surface area contributed by atoms with Gasteiger partial charge in [0.15, 0.2) is 0 Å². The highest BCUT2D eigenvalue weighted by molar-refractivity contribution is 6.06. The molecule has 0 atom stereocenters. The molecule has 1 aliphatic rings. The normalized spacial score (nSPS) is 13.2. The van der Waals surface area contributed by atoms with Crippen LogP contribution in [-0.4, -0.2) is 32.6 Å². The molecule has 1 N–H and O–H groups in total. The Kier molecular flexibility index (Phi) is 6.22. The Morgan fingerprint density at radius 1 is 1.14 bits per heavy atom. The SMILES string of the molecule is COc1ccc(OC)c(C=CC(=O)N2CCCc3c(NC(C)=O)ccc(C)c32)c1. The summed E-state index contributed by atoms with van der Waals surface area (Å²) in [6.45, 7) is 4.11. The summed E-state index contributed by atoms with van der Waals surface area (Å²) in [7, 11) is 3.19. The summed E-state index contributed by atoms with van der Waals surface area (Å²) in [5, 5.41) is 2.88. The van der Waals surface area contributed by atoms with Gasteiger partial charge in [-0.05, 0) is 61.2 Å². The van der Waals surface area contributed by atoms with Gasteiger partial charge in [-0.25, -0.2) is 0 Å². The topological polar surface area (TPSA) is 67.9 Å². The van der Waals surface area contributed by atoms with Crippen molar-refractivity contribution in [3.63, 3.8) is 0 Å². The van der Waals surface area contributed by atoms with Gasteiger partial charge >= 0.3 is 0 Å². The first-order valence-electron chi connectivity index (χ1n) is 9.56. The molecule has 2 aromatic rings. The van der Waals surface area contributed by atoms with E-state index in [0.717, 1.165) is 40.9 Å². The summed E-state index contributed by atoms with van der Waals surface area (Å²) in [6, 6.07) is 9.28. The number of rotatable bonds is 5. The Hall–Kier alpha value is -3.28. The second kappa shape index (κ2) is 8.82. The molecule has 1 heterocycles. The van der Waals surface area contributed by atoms with Gasteiger partial charge in [0.1, 0.15) is 11.5 Å². The van der Waals surface area contributed by atoms with E-state index in [2.05, 4.69) is 5.32 Å². The second-order valence-electron chi connectivity index (χ2n) is 6.97. The minimum atomic E-state index is -0.121. The summed E-state index contributed by atoms with van der Waals surface area (Å²) >= 11 is 0. The Morgan fingerprint density at radius 2 is 1.93 bits per heavy atom. The Balaban J connectivity index is 1.93. The van der Waals surface area contributed by atoms with Crippen LogP contribution in [0.2, 0.25) is 0 Å². The summed E-state index contributed by atoms with van der Waals surface area (Å²) in [5.41, 5.74) is 4.44. The molecule has 1 aliphatic heterocycles. The van der Waals surface area contributed by atoms with Crippen LogP contribution >= 0.6 is 0 Å². The minimum Gasteiger partial charge on any atom is -0.497 e. The van der Waals surface area contributed by atoms with E-state index < -0.39 is 0 Å². The number of ether oxygens (including phenoxy) is 2. The molecule has 3 rings (SSSR count). The van der Waals surface area contributed by atoms with Crippen molar-refractivity contribution in [2.24, 2.45) is 0 Å². The van der Waals surface area contributed by atoms with E-state index in [1.54, 1.807) is 31.3 Å². The van der Waals surface area contributed by atoms with Crippen LogP contribution in [0.25, 0.3) is 6.08 Å². The fourth-order valence-corrected chi connectivity index (χ4v) is 3.66. The van der Waals surface area contributed by atoms with Crippen LogP contribution in [0.15, 0.2) is 36.4 Å². The number of carbonyl (C=O) groups is 2. The van der Waals surface area contributed by atoms with E-state index >= 15 is 0 Å². The molecule has 2 amide bonds. The molecule has 0 unspecified atom stereocenters. The van der Waals surface area contributed by atoms with Crippen molar-refractivity contribution in [2.45, 2.75) is 26.7 Å². The van der Waals surface area contributed by atoms with Gasteiger partial charge in [-0.15, -0.1) is 0 Å². The Bertz CT molecular complexity index is 966. The number of amides is 2. The molecule has 6 nitrogen and oxygen atoms in total. The number of carbonyl (C=O) groups excluding carboxylic acids is 2. The highest BCUT2D eigenvalue weighted by atomic mass is 16.5.